The SMILES string of the molecule is Cc1ccccc1CN=C(NCC1CCN(C2CC2)C1)Nc1ccc2c(c1)OCCCO2. The summed E-state index contributed by atoms with van der Waals surface area (Å²) in [7, 11) is 0. The molecular weight excluding hydrogens is 400 g/mol. The summed E-state index contributed by atoms with van der Waals surface area (Å²) in [5.41, 5.74) is 3.46. The molecule has 32 heavy (non-hydrogen) atoms. The summed E-state index contributed by atoms with van der Waals surface area (Å²) in [6, 6.07) is 15.3. The van der Waals surface area contributed by atoms with E-state index in [4.69, 9.17) is 14.5 Å². The van der Waals surface area contributed by atoms with E-state index in [9.17, 15) is 0 Å². The van der Waals surface area contributed by atoms with Crippen molar-refractivity contribution in [3.63, 3.8) is 0 Å². The van der Waals surface area contributed by atoms with Crippen LogP contribution in [0.2, 0.25) is 0 Å². The Morgan fingerprint density at radius 1 is 1.06 bits per heavy atom. The minimum absolute atomic E-state index is 0.644. The Morgan fingerprint density at radius 3 is 2.75 bits per heavy atom. The number of likely N-dealkylation sites (tertiary alicyclic amines) is 1. The van der Waals surface area contributed by atoms with Crippen LogP contribution in [0.4, 0.5) is 5.69 Å². The van der Waals surface area contributed by atoms with Gasteiger partial charge >= 0.3 is 0 Å². The van der Waals surface area contributed by atoms with Gasteiger partial charge in [0.1, 0.15) is 0 Å². The van der Waals surface area contributed by atoms with Crippen LogP contribution < -0.4 is 20.1 Å². The molecule has 1 aliphatic carbocycles. The van der Waals surface area contributed by atoms with E-state index in [1.165, 1.54) is 43.5 Å². The predicted molar refractivity (Wildman–Crippen MR) is 129 cm³/mol. The fourth-order valence-electron chi connectivity index (χ4n) is 4.51. The third-order valence-electron chi connectivity index (χ3n) is 6.62. The highest BCUT2D eigenvalue weighted by Crippen LogP contribution is 2.33. The fourth-order valence-corrected chi connectivity index (χ4v) is 4.51. The van der Waals surface area contributed by atoms with Crippen LogP contribution in [0.5, 0.6) is 11.5 Å². The van der Waals surface area contributed by atoms with Crippen LogP contribution in [0.25, 0.3) is 0 Å². The third-order valence-corrected chi connectivity index (χ3v) is 6.62. The number of hydrogen-bond acceptors (Lipinski definition) is 4. The molecule has 2 aliphatic heterocycles. The summed E-state index contributed by atoms with van der Waals surface area (Å²) < 4.78 is 11.6. The van der Waals surface area contributed by atoms with Crippen LogP contribution in [0, 0.1) is 12.8 Å². The van der Waals surface area contributed by atoms with Gasteiger partial charge in [0, 0.05) is 37.3 Å². The molecule has 0 amide bonds. The lowest BCUT2D eigenvalue weighted by molar-refractivity contribution is 0.297. The van der Waals surface area contributed by atoms with Crippen molar-refractivity contribution >= 4 is 11.6 Å². The summed E-state index contributed by atoms with van der Waals surface area (Å²) in [5, 5.41) is 7.11. The Labute approximate surface area is 191 Å². The minimum atomic E-state index is 0.644. The van der Waals surface area contributed by atoms with Gasteiger partial charge < -0.3 is 25.0 Å². The van der Waals surface area contributed by atoms with Crippen molar-refractivity contribution in [3.05, 3.63) is 53.6 Å². The Morgan fingerprint density at radius 2 is 1.91 bits per heavy atom. The van der Waals surface area contributed by atoms with Crippen molar-refractivity contribution in [2.24, 2.45) is 10.9 Å². The van der Waals surface area contributed by atoms with Gasteiger partial charge in [-0.15, -0.1) is 0 Å². The monoisotopic (exact) mass is 434 g/mol. The molecule has 0 spiro atoms. The lowest BCUT2D eigenvalue weighted by Crippen LogP contribution is -2.36. The van der Waals surface area contributed by atoms with E-state index < -0.39 is 0 Å². The van der Waals surface area contributed by atoms with Crippen molar-refractivity contribution in [2.75, 3.05) is 38.2 Å². The molecule has 6 heteroatoms. The van der Waals surface area contributed by atoms with Gasteiger partial charge in [0.15, 0.2) is 17.5 Å². The smallest absolute Gasteiger partial charge is 0.196 e. The topological polar surface area (TPSA) is 58.1 Å². The van der Waals surface area contributed by atoms with E-state index in [0.717, 1.165) is 42.2 Å². The molecule has 2 fully saturated rings. The van der Waals surface area contributed by atoms with E-state index in [0.29, 0.717) is 25.7 Å². The highest BCUT2D eigenvalue weighted by molar-refractivity contribution is 5.94. The van der Waals surface area contributed by atoms with Crippen LogP contribution in [0.1, 0.15) is 36.8 Å². The largest absolute Gasteiger partial charge is 0.490 e. The fraction of sp³-hybridized carbons (Fsp3) is 0.500. The van der Waals surface area contributed by atoms with Gasteiger partial charge in [0.05, 0.1) is 19.8 Å². The average Bonchev–Trinajstić information content (AvgIpc) is 3.59. The number of benzene rings is 2. The van der Waals surface area contributed by atoms with Gasteiger partial charge in [-0.2, -0.15) is 0 Å². The van der Waals surface area contributed by atoms with E-state index in [1.807, 2.05) is 18.2 Å². The van der Waals surface area contributed by atoms with Crippen molar-refractivity contribution in [1.29, 1.82) is 0 Å². The average molecular weight is 435 g/mol. The maximum absolute atomic E-state index is 5.87. The zero-order chi connectivity index (χ0) is 21.8. The zero-order valence-corrected chi connectivity index (χ0v) is 19.0. The third kappa shape index (κ3) is 5.36. The van der Waals surface area contributed by atoms with Crippen LogP contribution >= 0.6 is 0 Å². The summed E-state index contributed by atoms with van der Waals surface area (Å²) >= 11 is 0. The predicted octanol–water partition coefficient (Wildman–Crippen LogP) is 4.20. The van der Waals surface area contributed by atoms with Crippen molar-refractivity contribution in [3.8, 4) is 11.5 Å². The molecule has 5 rings (SSSR count). The maximum atomic E-state index is 5.87. The van der Waals surface area contributed by atoms with Crippen LogP contribution in [-0.2, 0) is 6.54 Å². The molecule has 6 nitrogen and oxygen atoms in total. The molecule has 2 N–H and O–H groups in total. The molecule has 2 aromatic carbocycles. The lowest BCUT2D eigenvalue weighted by atomic mass is 10.1. The normalized spacial score (nSPS) is 21.3. The molecule has 0 radical (unpaired) electrons. The first-order valence-corrected chi connectivity index (χ1v) is 12.0. The first kappa shape index (κ1) is 21.1. The van der Waals surface area contributed by atoms with Gasteiger partial charge in [-0.05, 0) is 61.9 Å². The van der Waals surface area contributed by atoms with Gasteiger partial charge in [0.25, 0.3) is 0 Å². The van der Waals surface area contributed by atoms with Crippen LogP contribution in [0.3, 0.4) is 0 Å². The Bertz CT molecular complexity index is 957. The molecule has 0 aromatic heterocycles. The summed E-state index contributed by atoms with van der Waals surface area (Å²) in [6.07, 6.45) is 4.93. The van der Waals surface area contributed by atoms with Crippen molar-refractivity contribution in [2.45, 2.75) is 45.2 Å². The molecule has 1 atom stereocenters. The van der Waals surface area contributed by atoms with E-state index in [1.54, 1.807) is 0 Å². The Hall–Kier alpha value is -2.73. The van der Waals surface area contributed by atoms with Crippen LogP contribution in [0.15, 0.2) is 47.5 Å². The second-order valence-electron chi connectivity index (χ2n) is 9.19. The Balaban J connectivity index is 1.28. The lowest BCUT2D eigenvalue weighted by Gasteiger charge is -2.18. The molecule has 2 heterocycles. The van der Waals surface area contributed by atoms with E-state index in [-0.39, 0.29) is 0 Å². The molecule has 0 bridgehead atoms. The first-order valence-electron chi connectivity index (χ1n) is 12.0. The molecule has 1 unspecified atom stereocenters. The Kier molecular flexibility index (Phi) is 6.49. The number of guanidine groups is 1. The number of fused-ring (bicyclic) bond motifs is 1. The van der Waals surface area contributed by atoms with Gasteiger partial charge in [0.2, 0.25) is 0 Å². The second-order valence-corrected chi connectivity index (χ2v) is 9.19. The standard InChI is InChI=1S/C26H34N4O2/c1-19-5-2-3-6-21(19)17-28-26(27-16-20-11-12-30(18-20)23-8-9-23)29-22-7-10-24-25(15-22)32-14-4-13-31-24/h2-3,5-7,10,15,20,23H,4,8-9,11-14,16-18H2,1H3,(H2,27,28,29). The van der Waals surface area contributed by atoms with Gasteiger partial charge in [-0.25, -0.2) is 4.99 Å². The second kappa shape index (κ2) is 9.82. The maximum Gasteiger partial charge on any atom is 0.196 e. The van der Waals surface area contributed by atoms with Gasteiger partial charge in [-0.1, -0.05) is 24.3 Å². The molecule has 1 saturated heterocycles. The number of rotatable bonds is 6. The summed E-state index contributed by atoms with van der Waals surface area (Å²) in [4.78, 5) is 7.58. The van der Waals surface area contributed by atoms with Gasteiger partial charge in [-0.3, -0.25) is 0 Å². The summed E-state index contributed by atoms with van der Waals surface area (Å²) in [6.45, 7) is 7.54. The molecule has 170 valence electrons. The van der Waals surface area contributed by atoms with E-state index >= 15 is 0 Å². The molecule has 3 aliphatic rings. The number of nitrogens with zero attached hydrogens (tertiary/aromatic N) is 2. The number of anilines is 1. The molecule has 2 aromatic rings. The quantitative estimate of drug-likeness (QED) is 0.527. The zero-order valence-electron chi connectivity index (χ0n) is 19.0. The number of hydrogen-bond donors (Lipinski definition) is 2. The molecular formula is C26H34N4O2. The number of aliphatic imine (C=N–C) groups is 1. The highest BCUT2D eigenvalue weighted by Gasteiger charge is 2.34. The van der Waals surface area contributed by atoms with Crippen LogP contribution in [-0.4, -0.2) is 49.7 Å². The van der Waals surface area contributed by atoms with Crippen molar-refractivity contribution < 1.29 is 9.47 Å². The van der Waals surface area contributed by atoms with E-state index in [2.05, 4.69) is 46.7 Å². The minimum Gasteiger partial charge on any atom is -0.490 e. The number of ether oxygens (including phenoxy) is 2. The first-order chi connectivity index (χ1) is 15.7. The number of nitrogens with one attached hydrogen (secondary N) is 2. The number of aryl methyl sites for hydroxylation is 1. The van der Waals surface area contributed by atoms with Crippen molar-refractivity contribution in [1.82, 2.24) is 10.2 Å². The molecule has 1 saturated carbocycles. The summed E-state index contributed by atoms with van der Waals surface area (Å²) in [5.74, 6) is 3.09. The highest BCUT2D eigenvalue weighted by atomic mass is 16.5.